The van der Waals surface area contributed by atoms with E-state index in [0.29, 0.717) is 6.54 Å². The summed E-state index contributed by atoms with van der Waals surface area (Å²) in [5, 5.41) is 2.69. The van der Waals surface area contributed by atoms with E-state index in [9.17, 15) is 4.79 Å². The lowest BCUT2D eigenvalue weighted by atomic mass is 10.1. The van der Waals surface area contributed by atoms with Gasteiger partial charge >= 0.3 is 0 Å². The third-order valence-corrected chi connectivity index (χ3v) is 7.16. The number of amides is 1. The lowest BCUT2D eigenvalue weighted by Crippen LogP contribution is -2.46. The molecule has 0 unspecified atom stereocenters. The van der Waals surface area contributed by atoms with Crippen LogP contribution in [0, 0.1) is 6.92 Å². The number of carbonyl (C=O) groups is 1. The first-order valence-corrected chi connectivity index (χ1v) is 13.3. The minimum atomic E-state index is 0.578. The summed E-state index contributed by atoms with van der Waals surface area (Å²) >= 11 is 3.43. The van der Waals surface area contributed by atoms with Gasteiger partial charge in [-0.15, -0.1) is 0 Å². The van der Waals surface area contributed by atoms with Crippen LogP contribution in [0.25, 0.3) is 5.65 Å². The minimum absolute atomic E-state index is 0.578. The Bertz CT molecular complexity index is 1300. The number of methoxy groups -OCH3 is 1. The first-order chi connectivity index (χ1) is 18.0. The van der Waals surface area contributed by atoms with E-state index in [1.807, 2.05) is 30.5 Å². The van der Waals surface area contributed by atoms with Crippen molar-refractivity contribution < 1.29 is 9.53 Å². The summed E-state index contributed by atoms with van der Waals surface area (Å²) in [5.74, 6) is 0.890. The zero-order valence-corrected chi connectivity index (χ0v) is 23.2. The Morgan fingerprint density at radius 3 is 2.11 bits per heavy atom. The van der Waals surface area contributed by atoms with Crippen LogP contribution in [0.1, 0.15) is 23.9 Å². The predicted octanol–water partition coefficient (Wildman–Crippen LogP) is 5.24. The largest absolute Gasteiger partial charge is 0.497 e. The zero-order valence-electron chi connectivity index (χ0n) is 21.7. The van der Waals surface area contributed by atoms with Gasteiger partial charge in [0.05, 0.1) is 12.8 Å². The summed E-state index contributed by atoms with van der Waals surface area (Å²) in [6.07, 6.45) is 3.76. The van der Waals surface area contributed by atoms with E-state index in [4.69, 9.17) is 4.74 Å². The molecule has 8 heteroatoms. The van der Waals surface area contributed by atoms with Crippen LogP contribution in [0.3, 0.4) is 0 Å². The quantitative estimate of drug-likeness (QED) is 0.312. The van der Waals surface area contributed by atoms with Gasteiger partial charge in [0.25, 0.3) is 0 Å². The molecular formula is C29H34BrN5O2. The van der Waals surface area contributed by atoms with Crippen molar-refractivity contribution in [2.75, 3.05) is 43.1 Å². The fourth-order valence-corrected chi connectivity index (χ4v) is 4.85. The van der Waals surface area contributed by atoms with Crippen LogP contribution in [0.4, 0.5) is 11.4 Å². The van der Waals surface area contributed by atoms with Gasteiger partial charge in [-0.2, -0.15) is 0 Å². The number of carbonyl (C=O) groups excluding carboxylic acids is 1. The number of piperazine rings is 1. The number of benzene rings is 2. The molecule has 2 aromatic heterocycles. The smallest absolute Gasteiger partial charge is 0.207 e. The second-order valence-corrected chi connectivity index (χ2v) is 9.82. The molecule has 1 saturated heterocycles. The summed E-state index contributed by atoms with van der Waals surface area (Å²) in [6.45, 7) is 8.81. The predicted molar refractivity (Wildman–Crippen MR) is 154 cm³/mol. The monoisotopic (exact) mass is 563 g/mol. The van der Waals surface area contributed by atoms with E-state index in [2.05, 4.69) is 90.7 Å². The standard InChI is InChI=1S/C19H23N3O2.C10H11BrN2/c1-24-19-8-6-18(7-9-19)22-12-10-21(11-13-22)17-4-2-16(3-5-17)14-20-15-23;1-3-9-7(2)13-5-4-8(11)6-10(13)12-9/h2-9,15H,10-14H2,1H3,(H,20,23);4-6H,3H2,1-2H3. The van der Waals surface area contributed by atoms with Gasteiger partial charge in [-0.25, -0.2) is 4.98 Å². The fraction of sp³-hybridized carbons (Fsp3) is 0.310. The highest BCUT2D eigenvalue weighted by atomic mass is 79.9. The Labute approximate surface area is 227 Å². The first kappa shape index (κ1) is 26.5. The number of hydrogen-bond donors (Lipinski definition) is 1. The molecule has 1 aliphatic rings. The molecule has 1 aliphatic heterocycles. The van der Waals surface area contributed by atoms with Crippen LogP contribution in [-0.2, 0) is 17.8 Å². The van der Waals surface area contributed by atoms with Gasteiger partial charge in [0, 0.05) is 60.5 Å². The Hall–Kier alpha value is -3.52. The number of aryl methyl sites for hydroxylation is 2. The van der Waals surface area contributed by atoms with Gasteiger partial charge in [-0.05, 0) is 67.4 Å². The van der Waals surface area contributed by atoms with Crippen LogP contribution in [0.5, 0.6) is 5.75 Å². The number of imidazole rings is 1. The molecule has 2 aromatic carbocycles. The van der Waals surface area contributed by atoms with Gasteiger partial charge in [0.1, 0.15) is 11.4 Å². The maximum atomic E-state index is 10.3. The molecule has 0 saturated carbocycles. The number of halogens is 1. The van der Waals surface area contributed by atoms with E-state index in [0.717, 1.165) is 60.4 Å². The van der Waals surface area contributed by atoms with Crippen molar-refractivity contribution >= 4 is 39.4 Å². The summed E-state index contributed by atoms with van der Waals surface area (Å²) < 4.78 is 8.41. The fourth-order valence-electron chi connectivity index (χ4n) is 4.53. The van der Waals surface area contributed by atoms with Crippen LogP contribution < -0.4 is 19.9 Å². The number of rotatable bonds is 7. The van der Waals surface area contributed by atoms with Crippen LogP contribution in [-0.4, -0.2) is 49.1 Å². The number of nitrogens with one attached hydrogen (secondary N) is 1. The molecule has 1 fully saturated rings. The number of pyridine rings is 1. The summed E-state index contributed by atoms with van der Waals surface area (Å²) in [6, 6.07) is 20.7. The third-order valence-electron chi connectivity index (χ3n) is 6.67. The average Bonchev–Trinajstić information content (AvgIpc) is 3.27. The number of hydrogen-bond acceptors (Lipinski definition) is 5. The van der Waals surface area contributed by atoms with E-state index < -0.39 is 0 Å². The molecule has 4 aromatic rings. The Balaban J connectivity index is 0.000000207. The molecule has 1 amide bonds. The normalized spacial score (nSPS) is 13.2. The van der Waals surface area contributed by atoms with Gasteiger partial charge in [0.2, 0.25) is 6.41 Å². The second kappa shape index (κ2) is 12.6. The molecule has 5 rings (SSSR count). The summed E-state index contributed by atoms with van der Waals surface area (Å²) in [5.41, 5.74) is 7.03. The Kier molecular flexibility index (Phi) is 9.06. The lowest BCUT2D eigenvalue weighted by molar-refractivity contribution is -0.109. The van der Waals surface area contributed by atoms with E-state index in [-0.39, 0.29) is 0 Å². The molecule has 37 heavy (non-hydrogen) atoms. The Morgan fingerprint density at radius 2 is 1.57 bits per heavy atom. The van der Waals surface area contributed by atoms with Gasteiger partial charge in [-0.3, -0.25) is 4.79 Å². The highest BCUT2D eigenvalue weighted by Crippen LogP contribution is 2.23. The number of nitrogens with zero attached hydrogens (tertiary/aromatic N) is 4. The topological polar surface area (TPSA) is 62.1 Å². The van der Waals surface area contributed by atoms with Crippen molar-refractivity contribution in [2.45, 2.75) is 26.8 Å². The maximum Gasteiger partial charge on any atom is 0.207 e. The summed E-state index contributed by atoms with van der Waals surface area (Å²) in [4.78, 5) is 19.7. The molecule has 3 heterocycles. The number of aromatic nitrogens is 2. The maximum absolute atomic E-state index is 10.3. The van der Waals surface area contributed by atoms with Gasteiger partial charge in [-0.1, -0.05) is 35.0 Å². The molecule has 0 spiro atoms. The van der Waals surface area contributed by atoms with Crippen molar-refractivity contribution in [3.05, 3.63) is 88.3 Å². The van der Waals surface area contributed by atoms with Gasteiger partial charge < -0.3 is 24.3 Å². The molecule has 0 atom stereocenters. The highest BCUT2D eigenvalue weighted by molar-refractivity contribution is 9.10. The lowest BCUT2D eigenvalue weighted by Gasteiger charge is -2.37. The number of anilines is 2. The van der Waals surface area contributed by atoms with E-state index >= 15 is 0 Å². The van der Waals surface area contributed by atoms with Crippen LogP contribution in [0.15, 0.2) is 71.3 Å². The van der Waals surface area contributed by atoms with Crippen molar-refractivity contribution in [2.24, 2.45) is 0 Å². The molecule has 0 radical (unpaired) electrons. The minimum Gasteiger partial charge on any atom is -0.497 e. The molecule has 7 nitrogen and oxygen atoms in total. The van der Waals surface area contributed by atoms with E-state index in [1.165, 1.54) is 22.8 Å². The van der Waals surface area contributed by atoms with Crippen molar-refractivity contribution in [3.8, 4) is 5.75 Å². The second-order valence-electron chi connectivity index (χ2n) is 8.91. The summed E-state index contributed by atoms with van der Waals surface area (Å²) in [7, 11) is 1.69. The Morgan fingerprint density at radius 1 is 0.973 bits per heavy atom. The SMILES string of the molecule is CCc1nc2cc(Br)ccn2c1C.COc1ccc(N2CCN(c3ccc(CNC=O)cc3)CC2)cc1. The average molecular weight is 565 g/mol. The molecular weight excluding hydrogens is 530 g/mol. The van der Waals surface area contributed by atoms with Gasteiger partial charge in [0.15, 0.2) is 0 Å². The first-order valence-electron chi connectivity index (χ1n) is 12.6. The molecule has 1 N–H and O–H groups in total. The number of ether oxygens (including phenoxy) is 1. The third kappa shape index (κ3) is 6.63. The molecule has 0 aliphatic carbocycles. The zero-order chi connectivity index (χ0) is 26.2. The van der Waals surface area contributed by atoms with Crippen molar-refractivity contribution in [3.63, 3.8) is 0 Å². The van der Waals surface area contributed by atoms with Crippen LogP contribution in [0.2, 0.25) is 0 Å². The van der Waals surface area contributed by atoms with Crippen molar-refractivity contribution in [1.29, 1.82) is 0 Å². The van der Waals surface area contributed by atoms with Crippen LogP contribution >= 0.6 is 15.9 Å². The van der Waals surface area contributed by atoms with Crippen molar-refractivity contribution in [1.82, 2.24) is 14.7 Å². The van der Waals surface area contributed by atoms with E-state index in [1.54, 1.807) is 7.11 Å². The molecule has 0 bridgehead atoms. The number of fused-ring (bicyclic) bond motifs is 1. The molecule has 194 valence electrons. The highest BCUT2D eigenvalue weighted by Gasteiger charge is 2.17.